The fraction of sp³-hybridized carbons (Fsp3) is 0.480. The van der Waals surface area contributed by atoms with Crippen LogP contribution in [0.4, 0.5) is 11.4 Å². The second kappa shape index (κ2) is 14.5. The number of esters is 1. The minimum Gasteiger partial charge on any atom is -0.425 e. The van der Waals surface area contributed by atoms with Gasteiger partial charge in [-0.3, -0.25) is 0 Å². The van der Waals surface area contributed by atoms with Gasteiger partial charge >= 0.3 is 5.97 Å². The quantitative estimate of drug-likeness (QED) is 0.140. The number of ether oxygens (including phenoxy) is 2. The van der Waals surface area contributed by atoms with Gasteiger partial charge in [-0.2, -0.15) is 10.2 Å². The summed E-state index contributed by atoms with van der Waals surface area (Å²) >= 11 is 0. The standard InChI is InChI=1S/C25H34N2O3/c1-3-5-7-8-12-15-24(29-20-6-4-2)25(28)30-23-18-16-22(17-19-23)27-26-21-13-10-9-11-14-21/h9-11,13-14,16-19,24H,3-8,12,15,20H2,1-2H3. The number of rotatable bonds is 14. The van der Waals surface area contributed by atoms with Crippen LogP contribution in [0, 0.1) is 0 Å². The molecule has 2 aromatic carbocycles. The summed E-state index contributed by atoms with van der Waals surface area (Å²) in [7, 11) is 0. The maximum atomic E-state index is 12.6. The molecule has 0 radical (unpaired) electrons. The lowest BCUT2D eigenvalue weighted by atomic mass is 10.1. The first kappa shape index (κ1) is 23.7. The van der Waals surface area contributed by atoms with E-state index in [4.69, 9.17) is 9.47 Å². The van der Waals surface area contributed by atoms with Crippen molar-refractivity contribution in [3.8, 4) is 5.75 Å². The number of hydrogen-bond donors (Lipinski definition) is 0. The molecule has 0 saturated carbocycles. The van der Waals surface area contributed by atoms with E-state index in [0.29, 0.717) is 24.5 Å². The van der Waals surface area contributed by atoms with E-state index in [1.807, 2.05) is 30.3 Å². The maximum absolute atomic E-state index is 12.6. The van der Waals surface area contributed by atoms with Gasteiger partial charge in [-0.15, -0.1) is 0 Å². The predicted molar refractivity (Wildman–Crippen MR) is 121 cm³/mol. The third kappa shape index (κ3) is 9.31. The lowest BCUT2D eigenvalue weighted by Crippen LogP contribution is -2.29. The zero-order valence-corrected chi connectivity index (χ0v) is 18.3. The molecule has 0 aliphatic carbocycles. The summed E-state index contributed by atoms with van der Waals surface area (Å²) in [6, 6.07) is 16.6. The second-order valence-corrected chi connectivity index (χ2v) is 7.37. The van der Waals surface area contributed by atoms with Crippen molar-refractivity contribution in [3.05, 3.63) is 54.6 Å². The number of nitrogens with zero attached hydrogens (tertiary/aromatic N) is 2. The lowest BCUT2D eigenvalue weighted by Gasteiger charge is -2.16. The molecule has 0 heterocycles. The molecule has 0 aliphatic heterocycles. The van der Waals surface area contributed by atoms with E-state index in [1.54, 1.807) is 24.3 Å². The predicted octanol–water partition coefficient (Wildman–Crippen LogP) is 7.55. The van der Waals surface area contributed by atoms with E-state index in [1.165, 1.54) is 19.3 Å². The normalized spacial score (nSPS) is 12.2. The van der Waals surface area contributed by atoms with Crippen LogP contribution < -0.4 is 4.74 Å². The number of hydrogen-bond acceptors (Lipinski definition) is 5. The van der Waals surface area contributed by atoms with Crippen LogP contribution in [0.3, 0.4) is 0 Å². The molecular formula is C25H34N2O3. The molecule has 0 aliphatic rings. The van der Waals surface area contributed by atoms with Gasteiger partial charge in [0.05, 0.1) is 11.4 Å². The van der Waals surface area contributed by atoms with Gasteiger partial charge in [0.25, 0.3) is 0 Å². The Kier molecular flexibility index (Phi) is 11.4. The van der Waals surface area contributed by atoms with Crippen molar-refractivity contribution in [1.29, 1.82) is 0 Å². The van der Waals surface area contributed by atoms with Crippen LogP contribution in [0.5, 0.6) is 5.75 Å². The van der Waals surface area contributed by atoms with E-state index >= 15 is 0 Å². The van der Waals surface area contributed by atoms with Gasteiger partial charge in [0.15, 0.2) is 6.10 Å². The first-order valence-electron chi connectivity index (χ1n) is 11.1. The number of carbonyl (C=O) groups is 1. The Morgan fingerprint density at radius 2 is 1.43 bits per heavy atom. The maximum Gasteiger partial charge on any atom is 0.340 e. The van der Waals surface area contributed by atoms with Crippen molar-refractivity contribution in [2.45, 2.75) is 71.3 Å². The van der Waals surface area contributed by atoms with Crippen LogP contribution in [0.2, 0.25) is 0 Å². The Morgan fingerprint density at radius 1 is 0.800 bits per heavy atom. The van der Waals surface area contributed by atoms with E-state index in [9.17, 15) is 4.79 Å². The van der Waals surface area contributed by atoms with Crippen molar-refractivity contribution >= 4 is 17.3 Å². The topological polar surface area (TPSA) is 60.2 Å². The van der Waals surface area contributed by atoms with E-state index < -0.39 is 6.10 Å². The van der Waals surface area contributed by atoms with Crippen LogP contribution in [-0.4, -0.2) is 18.7 Å². The first-order valence-corrected chi connectivity index (χ1v) is 11.1. The van der Waals surface area contributed by atoms with Gasteiger partial charge < -0.3 is 9.47 Å². The van der Waals surface area contributed by atoms with E-state index in [0.717, 1.165) is 31.4 Å². The van der Waals surface area contributed by atoms with Gasteiger partial charge in [0, 0.05) is 6.61 Å². The highest BCUT2D eigenvalue weighted by Crippen LogP contribution is 2.22. The molecule has 5 nitrogen and oxygen atoms in total. The van der Waals surface area contributed by atoms with Crippen LogP contribution >= 0.6 is 0 Å². The van der Waals surface area contributed by atoms with Crippen molar-refractivity contribution < 1.29 is 14.3 Å². The van der Waals surface area contributed by atoms with Gasteiger partial charge in [0.2, 0.25) is 0 Å². The van der Waals surface area contributed by atoms with Crippen LogP contribution in [0.15, 0.2) is 64.8 Å². The molecule has 1 atom stereocenters. The summed E-state index contributed by atoms with van der Waals surface area (Å²) in [6.45, 7) is 4.89. The highest BCUT2D eigenvalue weighted by Gasteiger charge is 2.21. The summed E-state index contributed by atoms with van der Waals surface area (Å²) in [5.41, 5.74) is 1.49. The average Bonchev–Trinajstić information content (AvgIpc) is 2.78. The Hall–Kier alpha value is -2.53. The SMILES string of the molecule is CCCCCCCC(OCCCC)C(=O)Oc1ccc(N=Nc2ccccc2)cc1. The molecule has 0 N–H and O–H groups in total. The molecule has 0 spiro atoms. The van der Waals surface area contributed by atoms with Gasteiger partial charge in [0.1, 0.15) is 5.75 Å². The highest BCUT2D eigenvalue weighted by molar-refractivity contribution is 5.77. The molecule has 5 heteroatoms. The van der Waals surface area contributed by atoms with Crippen molar-refractivity contribution in [2.75, 3.05) is 6.61 Å². The third-order valence-electron chi connectivity index (χ3n) is 4.74. The van der Waals surface area contributed by atoms with E-state index in [2.05, 4.69) is 24.1 Å². The molecule has 162 valence electrons. The summed E-state index contributed by atoms with van der Waals surface area (Å²) in [6.07, 6.45) is 7.93. The van der Waals surface area contributed by atoms with E-state index in [-0.39, 0.29) is 5.97 Å². The second-order valence-electron chi connectivity index (χ2n) is 7.37. The highest BCUT2D eigenvalue weighted by atomic mass is 16.6. The zero-order chi connectivity index (χ0) is 21.4. The Labute approximate surface area is 180 Å². The van der Waals surface area contributed by atoms with Crippen LogP contribution in [0.25, 0.3) is 0 Å². The Bertz CT molecular complexity index is 745. The Balaban J connectivity index is 1.88. The number of azo groups is 1. The van der Waals surface area contributed by atoms with Gasteiger partial charge in [-0.1, -0.05) is 70.6 Å². The van der Waals surface area contributed by atoms with Crippen LogP contribution in [-0.2, 0) is 9.53 Å². The smallest absolute Gasteiger partial charge is 0.340 e. The summed E-state index contributed by atoms with van der Waals surface area (Å²) in [5, 5.41) is 8.40. The summed E-state index contributed by atoms with van der Waals surface area (Å²) < 4.78 is 11.4. The van der Waals surface area contributed by atoms with Crippen molar-refractivity contribution in [1.82, 2.24) is 0 Å². The zero-order valence-electron chi connectivity index (χ0n) is 18.3. The largest absolute Gasteiger partial charge is 0.425 e. The molecule has 0 amide bonds. The Morgan fingerprint density at radius 3 is 2.10 bits per heavy atom. The fourth-order valence-corrected chi connectivity index (χ4v) is 2.95. The molecule has 2 rings (SSSR count). The third-order valence-corrected chi connectivity index (χ3v) is 4.74. The van der Waals surface area contributed by atoms with Crippen molar-refractivity contribution in [2.24, 2.45) is 10.2 Å². The number of benzene rings is 2. The molecule has 30 heavy (non-hydrogen) atoms. The van der Waals surface area contributed by atoms with Crippen molar-refractivity contribution in [3.63, 3.8) is 0 Å². The molecular weight excluding hydrogens is 376 g/mol. The minimum atomic E-state index is -0.504. The monoisotopic (exact) mass is 410 g/mol. The lowest BCUT2D eigenvalue weighted by molar-refractivity contribution is -0.148. The molecule has 0 bridgehead atoms. The summed E-state index contributed by atoms with van der Waals surface area (Å²) in [4.78, 5) is 12.6. The summed E-state index contributed by atoms with van der Waals surface area (Å²) in [5.74, 6) is 0.175. The fourth-order valence-electron chi connectivity index (χ4n) is 2.95. The van der Waals surface area contributed by atoms with Gasteiger partial charge in [-0.05, 0) is 49.2 Å². The molecule has 1 unspecified atom stereocenters. The minimum absolute atomic E-state index is 0.319. The first-order chi connectivity index (χ1) is 14.7. The molecule has 0 fully saturated rings. The van der Waals surface area contributed by atoms with Gasteiger partial charge in [-0.25, -0.2) is 4.79 Å². The molecule has 0 saturated heterocycles. The number of carbonyl (C=O) groups excluding carboxylic acids is 1. The average molecular weight is 411 g/mol. The molecule has 2 aromatic rings. The number of unbranched alkanes of at least 4 members (excludes halogenated alkanes) is 5. The molecule has 0 aromatic heterocycles. The van der Waals surface area contributed by atoms with Crippen LogP contribution in [0.1, 0.15) is 65.2 Å².